The number of halogens is 2. The van der Waals surface area contributed by atoms with Crippen molar-refractivity contribution < 1.29 is 9.84 Å². The lowest BCUT2D eigenvalue weighted by Gasteiger charge is -2.33. The Morgan fingerprint density at radius 1 is 1.09 bits per heavy atom. The van der Waals surface area contributed by atoms with Crippen molar-refractivity contribution in [2.45, 2.75) is 19.4 Å². The van der Waals surface area contributed by atoms with E-state index in [1.165, 1.54) is 5.56 Å². The molecule has 4 nitrogen and oxygen atoms in total. The summed E-state index contributed by atoms with van der Waals surface area (Å²) in [7, 11) is 2.14. The van der Waals surface area contributed by atoms with Gasteiger partial charge in [-0.2, -0.15) is 0 Å². The van der Waals surface area contributed by atoms with Crippen molar-refractivity contribution >= 4 is 24.8 Å². The van der Waals surface area contributed by atoms with Crippen molar-refractivity contribution in [2.75, 3.05) is 46.4 Å². The summed E-state index contributed by atoms with van der Waals surface area (Å²) in [6.07, 6.45) is 0.607. The minimum Gasteiger partial charge on any atom is -0.491 e. The number of β-amino-alcohol motifs (C(OH)–C–C–N with tert-alkyl or cyclic N) is 1. The van der Waals surface area contributed by atoms with Gasteiger partial charge in [-0.05, 0) is 31.2 Å². The minimum atomic E-state index is -0.427. The topological polar surface area (TPSA) is 35.9 Å². The second-order valence-corrected chi connectivity index (χ2v) is 5.57. The number of likely N-dealkylation sites (N-methyl/N-ethyl adjacent to an activating group) is 1. The molecule has 0 amide bonds. The molecule has 0 saturated carbocycles. The standard InChI is InChI=1S/C16H26N2O2.2ClH/c1-3-14-4-6-16(7-5-14)20-13-15(19)12-18-10-8-17(2)9-11-18;;/h4-7,15,19H,3,8-13H2,1-2H3;2*1H. The van der Waals surface area contributed by atoms with E-state index < -0.39 is 6.10 Å². The first kappa shape index (κ1) is 21.5. The fourth-order valence-corrected chi connectivity index (χ4v) is 2.39. The van der Waals surface area contributed by atoms with E-state index in [4.69, 9.17) is 4.74 Å². The molecule has 22 heavy (non-hydrogen) atoms. The summed E-state index contributed by atoms with van der Waals surface area (Å²) in [4.78, 5) is 4.61. The van der Waals surface area contributed by atoms with Crippen molar-refractivity contribution in [1.29, 1.82) is 0 Å². The number of piperazine rings is 1. The maximum atomic E-state index is 10.0. The van der Waals surface area contributed by atoms with Gasteiger partial charge in [0, 0.05) is 32.7 Å². The van der Waals surface area contributed by atoms with Gasteiger partial charge in [0.1, 0.15) is 18.5 Å². The molecule has 0 radical (unpaired) electrons. The zero-order chi connectivity index (χ0) is 14.4. The number of aliphatic hydroxyl groups is 1. The molecule has 0 bridgehead atoms. The fraction of sp³-hybridized carbons (Fsp3) is 0.625. The van der Waals surface area contributed by atoms with Gasteiger partial charge in [-0.15, -0.1) is 24.8 Å². The second-order valence-electron chi connectivity index (χ2n) is 5.57. The van der Waals surface area contributed by atoms with Crippen LogP contribution in [0.15, 0.2) is 24.3 Å². The van der Waals surface area contributed by atoms with Gasteiger partial charge in [0.05, 0.1) is 0 Å². The summed E-state index contributed by atoms with van der Waals surface area (Å²) >= 11 is 0. The van der Waals surface area contributed by atoms with Crippen LogP contribution in [0.4, 0.5) is 0 Å². The Bertz CT molecular complexity index is 396. The molecule has 1 aliphatic heterocycles. The average molecular weight is 351 g/mol. The molecule has 1 heterocycles. The van der Waals surface area contributed by atoms with E-state index in [9.17, 15) is 5.11 Å². The number of aliphatic hydroxyl groups excluding tert-OH is 1. The highest BCUT2D eigenvalue weighted by Crippen LogP contribution is 2.13. The third-order valence-electron chi connectivity index (χ3n) is 3.84. The van der Waals surface area contributed by atoms with Crippen LogP contribution in [0.3, 0.4) is 0 Å². The highest BCUT2D eigenvalue weighted by molar-refractivity contribution is 5.85. The lowest BCUT2D eigenvalue weighted by atomic mass is 10.2. The molecule has 1 aliphatic rings. The Kier molecular flexibility index (Phi) is 10.8. The minimum absolute atomic E-state index is 0. The van der Waals surface area contributed by atoms with Crippen molar-refractivity contribution in [1.82, 2.24) is 9.80 Å². The van der Waals surface area contributed by atoms with Crippen LogP contribution in [0.5, 0.6) is 5.75 Å². The molecule has 0 spiro atoms. The van der Waals surface area contributed by atoms with Crippen LogP contribution in [0.1, 0.15) is 12.5 Å². The Balaban J connectivity index is 0.00000220. The van der Waals surface area contributed by atoms with Crippen LogP contribution in [0, 0.1) is 0 Å². The summed E-state index contributed by atoms with van der Waals surface area (Å²) in [5.74, 6) is 0.833. The van der Waals surface area contributed by atoms with Crippen molar-refractivity contribution in [3.63, 3.8) is 0 Å². The van der Waals surface area contributed by atoms with E-state index in [0.717, 1.165) is 38.3 Å². The molecule has 1 N–H and O–H groups in total. The number of hydrogen-bond donors (Lipinski definition) is 1. The molecule has 0 aromatic heterocycles. The van der Waals surface area contributed by atoms with Gasteiger partial charge in [0.15, 0.2) is 0 Å². The van der Waals surface area contributed by atoms with Gasteiger partial charge >= 0.3 is 0 Å². The van der Waals surface area contributed by atoms with Crippen molar-refractivity contribution in [2.24, 2.45) is 0 Å². The van der Waals surface area contributed by atoms with E-state index >= 15 is 0 Å². The number of hydrogen-bond acceptors (Lipinski definition) is 4. The van der Waals surface area contributed by atoms with Gasteiger partial charge in [-0.1, -0.05) is 19.1 Å². The van der Waals surface area contributed by atoms with Crippen LogP contribution in [0.2, 0.25) is 0 Å². The molecule has 128 valence electrons. The largest absolute Gasteiger partial charge is 0.491 e. The summed E-state index contributed by atoms with van der Waals surface area (Å²) < 4.78 is 5.64. The van der Waals surface area contributed by atoms with Crippen LogP contribution in [-0.2, 0) is 6.42 Å². The maximum absolute atomic E-state index is 10.0. The van der Waals surface area contributed by atoms with Crippen molar-refractivity contribution in [3.05, 3.63) is 29.8 Å². The molecule has 6 heteroatoms. The monoisotopic (exact) mass is 350 g/mol. The molecule has 1 atom stereocenters. The number of rotatable bonds is 6. The smallest absolute Gasteiger partial charge is 0.119 e. The van der Waals surface area contributed by atoms with E-state index in [2.05, 4.69) is 35.9 Å². The highest BCUT2D eigenvalue weighted by atomic mass is 35.5. The number of aryl methyl sites for hydroxylation is 1. The summed E-state index contributed by atoms with van der Waals surface area (Å²) in [5.41, 5.74) is 1.30. The summed E-state index contributed by atoms with van der Waals surface area (Å²) in [5, 5.41) is 10.0. The van der Waals surface area contributed by atoms with Gasteiger partial charge in [0.2, 0.25) is 0 Å². The Hall–Kier alpha value is -0.520. The summed E-state index contributed by atoms with van der Waals surface area (Å²) in [6, 6.07) is 8.09. The molecular weight excluding hydrogens is 323 g/mol. The van der Waals surface area contributed by atoms with E-state index in [1.54, 1.807) is 0 Å². The normalized spacial score (nSPS) is 17.2. The van der Waals surface area contributed by atoms with Crippen LogP contribution in [-0.4, -0.2) is 67.4 Å². The predicted molar refractivity (Wildman–Crippen MR) is 95.8 cm³/mol. The molecule has 1 saturated heterocycles. The molecule has 2 rings (SSSR count). The lowest BCUT2D eigenvalue weighted by Crippen LogP contribution is -2.47. The van der Waals surface area contributed by atoms with Gasteiger partial charge in [-0.3, -0.25) is 4.90 Å². The third kappa shape index (κ3) is 7.16. The fourth-order valence-electron chi connectivity index (χ4n) is 2.39. The molecule has 0 aliphatic carbocycles. The van der Waals surface area contributed by atoms with Crippen LogP contribution >= 0.6 is 24.8 Å². The maximum Gasteiger partial charge on any atom is 0.119 e. The zero-order valence-electron chi connectivity index (χ0n) is 13.4. The van der Waals surface area contributed by atoms with Gasteiger partial charge in [-0.25, -0.2) is 0 Å². The number of ether oxygens (including phenoxy) is 1. The van der Waals surface area contributed by atoms with Crippen LogP contribution in [0.25, 0.3) is 0 Å². The van der Waals surface area contributed by atoms with E-state index in [1.807, 2.05) is 12.1 Å². The first-order chi connectivity index (χ1) is 9.67. The summed E-state index contributed by atoms with van der Waals surface area (Å²) in [6.45, 7) is 7.39. The molecular formula is C16H28Cl2N2O2. The Labute approximate surface area is 146 Å². The third-order valence-corrected chi connectivity index (χ3v) is 3.84. The Morgan fingerprint density at radius 2 is 1.68 bits per heavy atom. The Morgan fingerprint density at radius 3 is 2.23 bits per heavy atom. The zero-order valence-corrected chi connectivity index (χ0v) is 15.0. The van der Waals surface area contributed by atoms with E-state index in [-0.39, 0.29) is 24.8 Å². The quantitative estimate of drug-likeness (QED) is 0.851. The molecule has 1 aromatic rings. The van der Waals surface area contributed by atoms with Gasteiger partial charge in [0.25, 0.3) is 0 Å². The number of benzene rings is 1. The first-order valence-corrected chi connectivity index (χ1v) is 7.48. The second kappa shape index (κ2) is 11.1. The SMILES string of the molecule is CCc1ccc(OCC(O)CN2CCN(C)CC2)cc1.Cl.Cl. The molecule has 1 aromatic carbocycles. The van der Waals surface area contributed by atoms with Crippen LogP contribution < -0.4 is 4.74 Å². The van der Waals surface area contributed by atoms with E-state index in [0.29, 0.717) is 13.2 Å². The molecule has 1 fully saturated rings. The molecule has 1 unspecified atom stereocenters. The first-order valence-electron chi connectivity index (χ1n) is 7.48. The highest BCUT2D eigenvalue weighted by Gasteiger charge is 2.17. The lowest BCUT2D eigenvalue weighted by molar-refractivity contribution is 0.0505. The predicted octanol–water partition coefficient (Wildman–Crippen LogP) is 2.08. The number of nitrogens with zero attached hydrogens (tertiary/aromatic N) is 2. The average Bonchev–Trinajstić information content (AvgIpc) is 2.48. The van der Waals surface area contributed by atoms with Gasteiger partial charge < -0.3 is 14.7 Å². The van der Waals surface area contributed by atoms with Crippen molar-refractivity contribution in [3.8, 4) is 5.75 Å².